The van der Waals surface area contributed by atoms with Crippen LogP contribution in [0.3, 0.4) is 0 Å². The maximum Gasteiger partial charge on any atom is 0.138 e. The standard InChI is InChI=1S/C21H24ClN3O/c1-3-18-20(25-7-6-17(22)14-21(25)23-18)13-16-4-5-19(15(2)12-16)24-8-10-26-11-9-24/h4-7,12,14H,3,8-11,13H2,1-2H3. The first-order valence-corrected chi connectivity index (χ1v) is 9.61. The molecule has 0 atom stereocenters. The fourth-order valence-electron chi connectivity index (χ4n) is 3.77. The van der Waals surface area contributed by atoms with Crippen LogP contribution in [0.2, 0.25) is 5.02 Å². The van der Waals surface area contributed by atoms with Gasteiger partial charge in [0.05, 0.1) is 18.9 Å². The molecule has 0 unspecified atom stereocenters. The van der Waals surface area contributed by atoms with Crippen LogP contribution in [0.15, 0.2) is 36.5 Å². The number of halogens is 1. The highest BCUT2D eigenvalue weighted by Gasteiger charge is 2.15. The Morgan fingerprint density at radius 2 is 1.96 bits per heavy atom. The number of aryl methyl sites for hydroxylation is 2. The summed E-state index contributed by atoms with van der Waals surface area (Å²) < 4.78 is 7.63. The van der Waals surface area contributed by atoms with Crippen LogP contribution in [0, 0.1) is 6.92 Å². The lowest BCUT2D eigenvalue weighted by Gasteiger charge is -2.30. The van der Waals surface area contributed by atoms with Gasteiger partial charge in [-0.05, 0) is 36.6 Å². The van der Waals surface area contributed by atoms with Crippen LogP contribution in [0.5, 0.6) is 0 Å². The van der Waals surface area contributed by atoms with Crippen molar-refractivity contribution in [1.82, 2.24) is 9.38 Å². The molecule has 0 aliphatic carbocycles. The molecule has 4 nitrogen and oxygen atoms in total. The van der Waals surface area contributed by atoms with Crippen molar-refractivity contribution in [2.75, 3.05) is 31.2 Å². The van der Waals surface area contributed by atoms with Crippen molar-refractivity contribution < 1.29 is 4.74 Å². The van der Waals surface area contributed by atoms with E-state index < -0.39 is 0 Å². The van der Waals surface area contributed by atoms with Crippen LogP contribution < -0.4 is 4.90 Å². The van der Waals surface area contributed by atoms with Crippen molar-refractivity contribution >= 4 is 22.9 Å². The van der Waals surface area contributed by atoms with Gasteiger partial charge in [0.1, 0.15) is 5.65 Å². The largest absolute Gasteiger partial charge is 0.378 e. The molecule has 26 heavy (non-hydrogen) atoms. The highest BCUT2D eigenvalue weighted by Crippen LogP contribution is 2.25. The molecule has 1 fully saturated rings. The van der Waals surface area contributed by atoms with Crippen molar-refractivity contribution in [2.45, 2.75) is 26.7 Å². The molecule has 5 heteroatoms. The summed E-state index contributed by atoms with van der Waals surface area (Å²) in [5.74, 6) is 0. The number of pyridine rings is 1. The van der Waals surface area contributed by atoms with Crippen LogP contribution >= 0.6 is 11.6 Å². The highest BCUT2D eigenvalue weighted by molar-refractivity contribution is 6.30. The number of imidazole rings is 1. The third kappa shape index (κ3) is 3.31. The Kier molecular flexibility index (Phi) is 4.88. The van der Waals surface area contributed by atoms with Gasteiger partial charge in [-0.25, -0.2) is 4.98 Å². The molecule has 3 aromatic rings. The van der Waals surface area contributed by atoms with Crippen molar-refractivity contribution in [3.63, 3.8) is 0 Å². The van der Waals surface area contributed by atoms with Gasteiger partial charge >= 0.3 is 0 Å². The Bertz CT molecular complexity index is 928. The van der Waals surface area contributed by atoms with Gasteiger partial charge in [0.25, 0.3) is 0 Å². The summed E-state index contributed by atoms with van der Waals surface area (Å²) in [7, 11) is 0. The number of aromatic nitrogens is 2. The van der Waals surface area contributed by atoms with Crippen molar-refractivity contribution in [3.05, 3.63) is 64.1 Å². The smallest absolute Gasteiger partial charge is 0.138 e. The van der Waals surface area contributed by atoms with Gasteiger partial charge in [-0.15, -0.1) is 0 Å². The maximum absolute atomic E-state index is 6.13. The van der Waals surface area contributed by atoms with Crippen LogP contribution in [-0.4, -0.2) is 35.7 Å². The molecule has 0 N–H and O–H groups in total. The molecule has 1 aliphatic heterocycles. The summed E-state index contributed by atoms with van der Waals surface area (Å²) in [6.07, 6.45) is 3.81. The first kappa shape index (κ1) is 17.4. The molecule has 0 bridgehead atoms. The number of anilines is 1. The summed E-state index contributed by atoms with van der Waals surface area (Å²) in [6.45, 7) is 7.90. The normalized spacial score (nSPS) is 15.0. The molecule has 1 aromatic carbocycles. The lowest BCUT2D eigenvalue weighted by Crippen LogP contribution is -2.36. The van der Waals surface area contributed by atoms with E-state index in [1.807, 2.05) is 18.3 Å². The van der Waals surface area contributed by atoms with E-state index in [1.165, 1.54) is 22.5 Å². The SMILES string of the molecule is CCc1nc2cc(Cl)ccn2c1Cc1ccc(N2CCOCC2)c(C)c1. The minimum absolute atomic E-state index is 0.724. The molecular formula is C21H24ClN3O. The van der Waals surface area contributed by atoms with Gasteiger partial charge in [0.2, 0.25) is 0 Å². The number of ether oxygens (including phenoxy) is 1. The van der Waals surface area contributed by atoms with E-state index in [0.29, 0.717) is 0 Å². The third-order valence-corrected chi connectivity index (χ3v) is 5.32. The minimum atomic E-state index is 0.724. The Morgan fingerprint density at radius 3 is 2.69 bits per heavy atom. The van der Waals surface area contributed by atoms with Gasteiger partial charge in [0, 0.05) is 48.2 Å². The van der Waals surface area contributed by atoms with E-state index in [1.54, 1.807) is 0 Å². The summed E-state index contributed by atoms with van der Waals surface area (Å²) in [5, 5.41) is 0.724. The molecule has 3 heterocycles. The van der Waals surface area contributed by atoms with Gasteiger partial charge < -0.3 is 14.0 Å². The average molecular weight is 370 g/mol. The second kappa shape index (κ2) is 7.29. The topological polar surface area (TPSA) is 29.8 Å². The monoisotopic (exact) mass is 369 g/mol. The number of benzene rings is 1. The minimum Gasteiger partial charge on any atom is -0.378 e. The Balaban J connectivity index is 1.65. The van der Waals surface area contributed by atoms with Crippen LogP contribution in [0.25, 0.3) is 5.65 Å². The van der Waals surface area contributed by atoms with Crippen molar-refractivity contribution in [1.29, 1.82) is 0 Å². The predicted molar refractivity (Wildman–Crippen MR) is 107 cm³/mol. The number of hydrogen-bond acceptors (Lipinski definition) is 3. The summed E-state index contributed by atoms with van der Waals surface area (Å²) in [5.41, 5.74) is 7.26. The molecule has 0 spiro atoms. The van der Waals surface area contributed by atoms with E-state index >= 15 is 0 Å². The molecule has 1 aliphatic rings. The van der Waals surface area contributed by atoms with E-state index in [-0.39, 0.29) is 0 Å². The number of nitrogens with zero attached hydrogens (tertiary/aromatic N) is 3. The second-order valence-electron chi connectivity index (χ2n) is 6.83. The average Bonchev–Trinajstić information content (AvgIpc) is 2.99. The number of fused-ring (bicyclic) bond motifs is 1. The molecule has 136 valence electrons. The highest BCUT2D eigenvalue weighted by atomic mass is 35.5. The van der Waals surface area contributed by atoms with Crippen molar-refractivity contribution in [2.24, 2.45) is 0 Å². The van der Waals surface area contributed by atoms with Gasteiger partial charge in [-0.1, -0.05) is 30.7 Å². The number of morpholine rings is 1. The van der Waals surface area contributed by atoms with Crippen LogP contribution in [-0.2, 0) is 17.6 Å². The zero-order valence-electron chi connectivity index (χ0n) is 15.3. The molecular weight excluding hydrogens is 346 g/mol. The molecule has 0 radical (unpaired) electrons. The summed E-state index contributed by atoms with van der Waals surface area (Å²) in [6, 6.07) is 10.6. The molecule has 0 saturated carbocycles. The van der Waals surface area contributed by atoms with Crippen LogP contribution in [0.1, 0.15) is 29.4 Å². The van der Waals surface area contributed by atoms with Gasteiger partial charge in [0.15, 0.2) is 0 Å². The lowest BCUT2D eigenvalue weighted by atomic mass is 10.0. The second-order valence-corrected chi connectivity index (χ2v) is 7.27. The number of rotatable bonds is 4. The summed E-state index contributed by atoms with van der Waals surface area (Å²) in [4.78, 5) is 7.17. The van der Waals surface area contributed by atoms with Gasteiger partial charge in [-0.3, -0.25) is 0 Å². The van der Waals surface area contributed by atoms with Gasteiger partial charge in [-0.2, -0.15) is 0 Å². The number of hydrogen-bond donors (Lipinski definition) is 0. The summed E-state index contributed by atoms with van der Waals surface area (Å²) >= 11 is 6.13. The molecule has 4 rings (SSSR count). The quantitative estimate of drug-likeness (QED) is 0.687. The van der Waals surface area contributed by atoms with Crippen LogP contribution in [0.4, 0.5) is 5.69 Å². The zero-order chi connectivity index (χ0) is 18.1. The van der Waals surface area contributed by atoms with E-state index in [0.717, 1.165) is 55.5 Å². The fourth-order valence-corrected chi connectivity index (χ4v) is 3.92. The van der Waals surface area contributed by atoms with E-state index in [9.17, 15) is 0 Å². The molecule has 2 aromatic heterocycles. The van der Waals surface area contributed by atoms with E-state index in [4.69, 9.17) is 21.3 Å². The van der Waals surface area contributed by atoms with E-state index in [2.05, 4.69) is 41.3 Å². The maximum atomic E-state index is 6.13. The first-order chi connectivity index (χ1) is 12.7. The third-order valence-electron chi connectivity index (χ3n) is 5.09. The Hall–Kier alpha value is -2.04. The Morgan fingerprint density at radius 1 is 1.15 bits per heavy atom. The first-order valence-electron chi connectivity index (χ1n) is 9.23. The lowest BCUT2D eigenvalue weighted by molar-refractivity contribution is 0.122. The zero-order valence-corrected chi connectivity index (χ0v) is 16.1. The Labute approximate surface area is 159 Å². The fraction of sp³-hybridized carbons (Fsp3) is 0.381. The predicted octanol–water partition coefficient (Wildman–Crippen LogP) is 4.29. The van der Waals surface area contributed by atoms with Crippen molar-refractivity contribution in [3.8, 4) is 0 Å². The molecule has 0 amide bonds. The molecule has 1 saturated heterocycles.